The van der Waals surface area contributed by atoms with Crippen LogP contribution in [0.3, 0.4) is 0 Å². The van der Waals surface area contributed by atoms with Gasteiger partial charge in [-0.2, -0.15) is 5.10 Å². The molecule has 2 aromatic rings. The lowest BCUT2D eigenvalue weighted by Crippen LogP contribution is -2.42. The molecule has 1 unspecified atom stereocenters. The summed E-state index contributed by atoms with van der Waals surface area (Å²) in [5, 5.41) is 4.14. The van der Waals surface area contributed by atoms with Crippen LogP contribution in [0.25, 0.3) is 6.08 Å². The smallest absolute Gasteiger partial charge is 0.247 e. The van der Waals surface area contributed by atoms with Gasteiger partial charge in [-0.3, -0.25) is 4.79 Å². The van der Waals surface area contributed by atoms with E-state index in [-0.39, 0.29) is 23.7 Å². The van der Waals surface area contributed by atoms with E-state index in [9.17, 15) is 9.18 Å². The fourth-order valence-corrected chi connectivity index (χ4v) is 3.24. The molecule has 0 bridgehead atoms. The van der Waals surface area contributed by atoms with Crippen molar-refractivity contribution in [3.63, 3.8) is 0 Å². The lowest BCUT2D eigenvalue weighted by Gasteiger charge is -2.33. The predicted octanol–water partition coefficient (Wildman–Crippen LogP) is 3.32. The van der Waals surface area contributed by atoms with Crippen LogP contribution < -0.4 is 0 Å². The highest BCUT2D eigenvalue weighted by atomic mass is 19.1. The maximum absolute atomic E-state index is 13.3. The Morgan fingerprint density at radius 1 is 1.28 bits per heavy atom. The Bertz CT molecular complexity index is 745. The molecule has 0 saturated carbocycles. The number of hydrogen-bond acceptors (Lipinski definition) is 3. The van der Waals surface area contributed by atoms with E-state index in [1.54, 1.807) is 17.1 Å². The molecule has 1 amide bonds. The second-order valence-electron chi connectivity index (χ2n) is 6.75. The molecule has 1 aromatic carbocycles. The number of hydrogen-bond donors (Lipinski definition) is 0. The van der Waals surface area contributed by atoms with Gasteiger partial charge in [-0.05, 0) is 36.5 Å². The Balaban J connectivity index is 1.66. The molecule has 0 N–H and O–H groups in total. The van der Waals surface area contributed by atoms with Crippen molar-refractivity contribution in [1.82, 2.24) is 19.7 Å². The summed E-state index contributed by atoms with van der Waals surface area (Å²) >= 11 is 0. The first kappa shape index (κ1) is 17.3. The molecule has 0 aliphatic carbocycles. The molecule has 1 atom stereocenters. The highest BCUT2D eigenvalue weighted by Crippen LogP contribution is 2.25. The van der Waals surface area contributed by atoms with Crippen LogP contribution in [-0.2, 0) is 4.79 Å². The Hall–Kier alpha value is -2.50. The van der Waals surface area contributed by atoms with Gasteiger partial charge in [-0.25, -0.2) is 14.1 Å². The Labute approximate surface area is 147 Å². The number of halogens is 1. The Morgan fingerprint density at radius 2 is 2.04 bits per heavy atom. The summed E-state index contributed by atoms with van der Waals surface area (Å²) in [7, 11) is 0. The molecule has 5 nitrogen and oxygen atoms in total. The molecule has 3 rings (SSSR count). The van der Waals surface area contributed by atoms with Gasteiger partial charge in [-0.15, -0.1) is 0 Å². The Morgan fingerprint density at radius 3 is 2.64 bits per heavy atom. The number of piperidine rings is 1. The summed E-state index contributed by atoms with van der Waals surface area (Å²) in [6.45, 7) is 5.39. The van der Waals surface area contributed by atoms with E-state index >= 15 is 0 Å². The zero-order chi connectivity index (χ0) is 17.8. The van der Waals surface area contributed by atoms with Gasteiger partial charge >= 0.3 is 0 Å². The second kappa shape index (κ2) is 7.59. The average molecular weight is 342 g/mol. The molecule has 1 saturated heterocycles. The van der Waals surface area contributed by atoms with Gasteiger partial charge in [0.15, 0.2) is 0 Å². The fraction of sp³-hybridized carbons (Fsp3) is 0.421. The molecule has 1 aliphatic rings. The summed E-state index contributed by atoms with van der Waals surface area (Å²) in [6, 6.07) is 6.26. The van der Waals surface area contributed by atoms with E-state index in [0.29, 0.717) is 13.1 Å². The van der Waals surface area contributed by atoms with Crippen molar-refractivity contribution in [3.8, 4) is 0 Å². The van der Waals surface area contributed by atoms with Crippen LogP contribution >= 0.6 is 0 Å². The summed E-state index contributed by atoms with van der Waals surface area (Å²) < 4.78 is 14.9. The number of benzene rings is 1. The Kier molecular flexibility index (Phi) is 5.26. The zero-order valence-corrected chi connectivity index (χ0v) is 14.6. The standard InChI is InChI=1S/C19H23FN4O/c1-14(2)18(24-13-21-12-22-24)19(25)23-8-6-15(7-9-23)10-16-4-3-5-17(20)11-16/h3-5,10-14,18H,6-9H2,1-2H3. The number of carbonyl (C=O) groups is 1. The summed E-state index contributed by atoms with van der Waals surface area (Å²) in [6.07, 6.45) is 6.71. The molecule has 1 fully saturated rings. The van der Waals surface area contributed by atoms with Crippen molar-refractivity contribution in [1.29, 1.82) is 0 Å². The van der Waals surface area contributed by atoms with Crippen molar-refractivity contribution in [2.24, 2.45) is 5.92 Å². The van der Waals surface area contributed by atoms with E-state index < -0.39 is 0 Å². The van der Waals surface area contributed by atoms with Crippen LogP contribution in [0.1, 0.15) is 38.3 Å². The predicted molar refractivity (Wildman–Crippen MR) is 94.1 cm³/mol. The van der Waals surface area contributed by atoms with Gasteiger partial charge in [0, 0.05) is 13.1 Å². The summed E-state index contributed by atoms with van der Waals surface area (Å²) in [5.74, 6) is -0.00157. The van der Waals surface area contributed by atoms with E-state index in [1.165, 1.54) is 24.0 Å². The molecule has 1 aliphatic heterocycles. The van der Waals surface area contributed by atoms with Crippen molar-refractivity contribution in [2.45, 2.75) is 32.7 Å². The van der Waals surface area contributed by atoms with Crippen LogP contribution in [-0.4, -0.2) is 38.7 Å². The second-order valence-corrected chi connectivity index (χ2v) is 6.75. The molecule has 132 valence electrons. The molecule has 6 heteroatoms. The first-order chi connectivity index (χ1) is 12.0. The number of aromatic nitrogens is 3. The minimum atomic E-state index is -0.323. The first-order valence-corrected chi connectivity index (χ1v) is 8.62. The first-order valence-electron chi connectivity index (χ1n) is 8.62. The molecule has 0 spiro atoms. The van der Waals surface area contributed by atoms with Crippen molar-refractivity contribution >= 4 is 12.0 Å². The van der Waals surface area contributed by atoms with Crippen LogP contribution in [0.15, 0.2) is 42.5 Å². The third-order valence-electron chi connectivity index (χ3n) is 4.54. The lowest BCUT2D eigenvalue weighted by atomic mass is 9.98. The van der Waals surface area contributed by atoms with Gasteiger partial charge in [0.1, 0.15) is 24.5 Å². The quantitative estimate of drug-likeness (QED) is 0.856. The van der Waals surface area contributed by atoms with Crippen LogP contribution in [0.4, 0.5) is 4.39 Å². The van der Waals surface area contributed by atoms with Gasteiger partial charge in [0.25, 0.3) is 0 Å². The van der Waals surface area contributed by atoms with E-state index in [0.717, 1.165) is 18.4 Å². The molecule has 0 radical (unpaired) electrons. The number of amides is 1. The van der Waals surface area contributed by atoms with E-state index in [1.807, 2.05) is 30.9 Å². The topological polar surface area (TPSA) is 51.0 Å². The fourth-order valence-electron chi connectivity index (χ4n) is 3.24. The number of carbonyl (C=O) groups excluding carboxylic acids is 1. The van der Waals surface area contributed by atoms with Crippen molar-refractivity contribution in [3.05, 3.63) is 53.9 Å². The molecule has 1 aromatic heterocycles. The van der Waals surface area contributed by atoms with Crippen LogP contribution in [0.2, 0.25) is 0 Å². The number of nitrogens with zero attached hydrogens (tertiary/aromatic N) is 4. The number of likely N-dealkylation sites (tertiary alicyclic amines) is 1. The van der Waals surface area contributed by atoms with Crippen molar-refractivity contribution in [2.75, 3.05) is 13.1 Å². The van der Waals surface area contributed by atoms with Gasteiger partial charge in [0.05, 0.1) is 0 Å². The average Bonchev–Trinajstić information content (AvgIpc) is 3.09. The largest absolute Gasteiger partial charge is 0.340 e. The number of rotatable bonds is 4. The third-order valence-corrected chi connectivity index (χ3v) is 4.54. The minimum Gasteiger partial charge on any atom is -0.340 e. The maximum atomic E-state index is 13.3. The summed E-state index contributed by atoms with van der Waals surface area (Å²) in [5.41, 5.74) is 2.12. The van der Waals surface area contributed by atoms with Gasteiger partial charge in [0.2, 0.25) is 5.91 Å². The third kappa shape index (κ3) is 4.13. The highest BCUT2D eigenvalue weighted by Gasteiger charge is 2.30. The molecule has 2 heterocycles. The monoisotopic (exact) mass is 342 g/mol. The van der Waals surface area contributed by atoms with Crippen LogP contribution in [0, 0.1) is 11.7 Å². The molecular weight excluding hydrogens is 319 g/mol. The van der Waals surface area contributed by atoms with Crippen molar-refractivity contribution < 1.29 is 9.18 Å². The zero-order valence-electron chi connectivity index (χ0n) is 14.6. The summed E-state index contributed by atoms with van der Waals surface area (Å²) in [4.78, 5) is 18.8. The molecular formula is C19H23FN4O. The van der Waals surface area contributed by atoms with E-state index in [2.05, 4.69) is 10.1 Å². The van der Waals surface area contributed by atoms with Crippen LogP contribution in [0.5, 0.6) is 0 Å². The SMILES string of the molecule is CC(C)C(C(=O)N1CCC(=Cc2cccc(F)c2)CC1)n1cncn1. The minimum absolute atomic E-state index is 0.0882. The highest BCUT2D eigenvalue weighted by molar-refractivity contribution is 5.81. The molecule has 25 heavy (non-hydrogen) atoms. The lowest BCUT2D eigenvalue weighted by molar-refractivity contribution is -0.136. The van der Waals surface area contributed by atoms with E-state index in [4.69, 9.17) is 0 Å². The van der Waals surface area contributed by atoms with Gasteiger partial charge < -0.3 is 4.90 Å². The normalized spacial score (nSPS) is 16.2. The van der Waals surface area contributed by atoms with Gasteiger partial charge in [-0.1, -0.05) is 37.6 Å². The maximum Gasteiger partial charge on any atom is 0.247 e.